The lowest BCUT2D eigenvalue weighted by Gasteiger charge is -2.34. The molecular weight excluding hydrogens is 475 g/mol. The first-order valence-corrected chi connectivity index (χ1v) is 11.0. The minimum absolute atomic E-state index is 0. The highest BCUT2D eigenvalue weighted by Crippen LogP contribution is 2.32. The van der Waals surface area contributed by atoms with Crippen molar-refractivity contribution in [3.05, 3.63) is 70.0 Å². The van der Waals surface area contributed by atoms with Crippen molar-refractivity contribution in [1.29, 1.82) is 0 Å². The van der Waals surface area contributed by atoms with Crippen LogP contribution in [0.3, 0.4) is 0 Å². The zero-order valence-electron chi connectivity index (χ0n) is 17.8. The van der Waals surface area contributed by atoms with E-state index in [0.29, 0.717) is 32.7 Å². The molecule has 0 radical (unpaired) electrons. The number of carbonyl (C=O) groups is 1. The van der Waals surface area contributed by atoms with Crippen LogP contribution in [0.4, 0.5) is 13.2 Å². The Hall–Kier alpha value is -2.62. The zero-order chi connectivity index (χ0) is 22.7. The molecular formula is C23H23ClF3N3O2S. The number of ether oxygens (including phenoxy) is 1. The van der Waals surface area contributed by atoms with E-state index in [-0.39, 0.29) is 18.0 Å². The van der Waals surface area contributed by atoms with E-state index < -0.39 is 17.6 Å². The number of amides is 1. The molecule has 0 aliphatic carbocycles. The van der Waals surface area contributed by atoms with Gasteiger partial charge in [-0.15, -0.1) is 23.7 Å². The molecule has 0 N–H and O–H groups in total. The molecule has 3 aromatic rings. The van der Waals surface area contributed by atoms with Crippen LogP contribution in [-0.4, -0.2) is 54.0 Å². The predicted molar refractivity (Wildman–Crippen MR) is 124 cm³/mol. The van der Waals surface area contributed by atoms with E-state index in [0.717, 1.165) is 28.1 Å². The standard InChI is InChI=1S/C23H22F3N3O2S.ClH/c1-31-17-8-6-16(7-9-17)20-15-32-21(27-20)14-28-10-12-29(13-11-28)22(30)18-4-2-3-5-19(18)23(24,25)26;/h2-9,15H,10-14H2,1H3;1H. The van der Waals surface area contributed by atoms with Gasteiger partial charge in [-0.1, -0.05) is 12.1 Å². The third-order valence-electron chi connectivity index (χ3n) is 5.42. The number of aromatic nitrogens is 1. The van der Waals surface area contributed by atoms with Crippen LogP contribution < -0.4 is 4.74 Å². The van der Waals surface area contributed by atoms with Gasteiger partial charge in [-0.3, -0.25) is 9.69 Å². The average Bonchev–Trinajstić information content (AvgIpc) is 3.27. The second-order valence-electron chi connectivity index (χ2n) is 7.47. The molecule has 1 aliphatic rings. The van der Waals surface area contributed by atoms with Crippen LogP contribution in [-0.2, 0) is 12.7 Å². The summed E-state index contributed by atoms with van der Waals surface area (Å²) in [7, 11) is 1.62. The summed E-state index contributed by atoms with van der Waals surface area (Å²) in [5.74, 6) is 0.211. The van der Waals surface area contributed by atoms with E-state index in [1.807, 2.05) is 29.6 Å². The molecule has 0 bridgehead atoms. The van der Waals surface area contributed by atoms with E-state index in [2.05, 4.69) is 4.90 Å². The smallest absolute Gasteiger partial charge is 0.417 e. The van der Waals surface area contributed by atoms with Crippen molar-refractivity contribution in [1.82, 2.24) is 14.8 Å². The molecule has 33 heavy (non-hydrogen) atoms. The lowest BCUT2D eigenvalue weighted by molar-refractivity contribution is -0.138. The Morgan fingerprint density at radius 3 is 2.36 bits per heavy atom. The van der Waals surface area contributed by atoms with Gasteiger partial charge in [-0.25, -0.2) is 4.98 Å². The first-order chi connectivity index (χ1) is 15.3. The highest BCUT2D eigenvalue weighted by Gasteiger charge is 2.36. The summed E-state index contributed by atoms with van der Waals surface area (Å²) >= 11 is 1.57. The lowest BCUT2D eigenvalue weighted by Crippen LogP contribution is -2.48. The van der Waals surface area contributed by atoms with Crippen molar-refractivity contribution in [2.24, 2.45) is 0 Å². The van der Waals surface area contributed by atoms with Gasteiger partial charge in [0.05, 0.1) is 30.5 Å². The number of benzene rings is 2. The second-order valence-corrected chi connectivity index (χ2v) is 8.41. The molecule has 1 aliphatic heterocycles. The van der Waals surface area contributed by atoms with Gasteiger partial charge in [0.1, 0.15) is 10.8 Å². The number of halogens is 4. The highest BCUT2D eigenvalue weighted by molar-refractivity contribution is 7.09. The van der Waals surface area contributed by atoms with Gasteiger partial charge in [-0.2, -0.15) is 13.2 Å². The van der Waals surface area contributed by atoms with E-state index in [1.165, 1.54) is 23.1 Å². The Morgan fingerprint density at radius 1 is 1.06 bits per heavy atom. The zero-order valence-corrected chi connectivity index (χ0v) is 19.5. The predicted octanol–water partition coefficient (Wildman–Crippen LogP) is 5.22. The molecule has 1 amide bonds. The number of alkyl halides is 3. The van der Waals surface area contributed by atoms with E-state index >= 15 is 0 Å². The number of thiazole rings is 1. The number of nitrogens with zero attached hydrogens (tertiary/aromatic N) is 3. The van der Waals surface area contributed by atoms with Crippen molar-refractivity contribution in [3.8, 4) is 17.0 Å². The maximum Gasteiger partial charge on any atom is 0.417 e. The van der Waals surface area contributed by atoms with E-state index in [1.54, 1.807) is 18.4 Å². The first kappa shape index (κ1) is 25.0. The summed E-state index contributed by atoms with van der Waals surface area (Å²) in [5, 5.41) is 2.96. The van der Waals surface area contributed by atoms with Gasteiger partial charge >= 0.3 is 6.18 Å². The van der Waals surface area contributed by atoms with Gasteiger partial charge < -0.3 is 9.64 Å². The van der Waals surface area contributed by atoms with Gasteiger partial charge in [0.2, 0.25) is 0 Å². The average molecular weight is 498 g/mol. The van der Waals surface area contributed by atoms with Crippen molar-refractivity contribution >= 4 is 29.7 Å². The molecule has 2 aromatic carbocycles. The normalized spacial score (nSPS) is 14.6. The van der Waals surface area contributed by atoms with Crippen LogP contribution in [0.5, 0.6) is 5.75 Å². The van der Waals surface area contributed by atoms with Gasteiger partial charge in [0.15, 0.2) is 0 Å². The van der Waals surface area contributed by atoms with Crippen molar-refractivity contribution in [2.45, 2.75) is 12.7 Å². The minimum atomic E-state index is -4.56. The fourth-order valence-corrected chi connectivity index (χ4v) is 4.51. The van der Waals surface area contributed by atoms with Crippen LogP contribution in [0.2, 0.25) is 0 Å². The molecule has 0 saturated carbocycles. The van der Waals surface area contributed by atoms with Crippen LogP contribution >= 0.6 is 23.7 Å². The SMILES string of the molecule is COc1ccc(-c2csc(CN3CCN(C(=O)c4ccccc4C(F)(F)F)CC3)n2)cc1.Cl. The van der Waals surface area contributed by atoms with E-state index in [9.17, 15) is 18.0 Å². The van der Waals surface area contributed by atoms with Gasteiger partial charge in [-0.05, 0) is 36.4 Å². The van der Waals surface area contributed by atoms with Crippen LogP contribution in [0, 0.1) is 0 Å². The Balaban J connectivity index is 0.00000306. The lowest BCUT2D eigenvalue weighted by atomic mass is 10.1. The number of rotatable bonds is 5. The summed E-state index contributed by atoms with van der Waals surface area (Å²) in [5.41, 5.74) is 0.719. The van der Waals surface area contributed by atoms with Gasteiger partial charge in [0.25, 0.3) is 5.91 Å². The van der Waals surface area contributed by atoms with Gasteiger partial charge in [0, 0.05) is 37.1 Å². The first-order valence-electron chi connectivity index (χ1n) is 10.1. The third-order valence-corrected chi connectivity index (χ3v) is 6.25. The van der Waals surface area contributed by atoms with Crippen LogP contribution in [0.15, 0.2) is 53.9 Å². The molecule has 1 aromatic heterocycles. The molecule has 0 unspecified atom stereocenters. The molecule has 2 heterocycles. The fraction of sp³-hybridized carbons (Fsp3) is 0.304. The number of methoxy groups -OCH3 is 1. The molecule has 10 heteroatoms. The Kier molecular flexibility index (Phi) is 7.99. The van der Waals surface area contributed by atoms with Crippen molar-refractivity contribution in [3.63, 3.8) is 0 Å². The summed E-state index contributed by atoms with van der Waals surface area (Å²) in [4.78, 5) is 21.1. The Bertz CT molecular complexity index is 1080. The number of piperazine rings is 1. The molecule has 0 atom stereocenters. The quantitative estimate of drug-likeness (QED) is 0.485. The summed E-state index contributed by atoms with van der Waals surface area (Å²) in [6.45, 7) is 2.56. The van der Waals surface area contributed by atoms with Crippen molar-refractivity contribution < 1.29 is 22.7 Å². The molecule has 0 spiro atoms. The summed E-state index contributed by atoms with van der Waals surface area (Å²) in [6.07, 6.45) is -4.56. The summed E-state index contributed by atoms with van der Waals surface area (Å²) < 4.78 is 44.9. The molecule has 4 rings (SSSR count). The van der Waals surface area contributed by atoms with E-state index in [4.69, 9.17) is 9.72 Å². The maximum absolute atomic E-state index is 13.3. The molecule has 176 valence electrons. The summed E-state index contributed by atoms with van der Waals surface area (Å²) in [6, 6.07) is 12.7. The van der Waals surface area contributed by atoms with Crippen LogP contribution in [0.25, 0.3) is 11.3 Å². The largest absolute Gasteiger partial charge is 0.497 e. The number of hydrogen-bond acceptors (Lipinski definition) is 5. The van der Waals surface area contributed by atoms with Crippen molar-refractivity contribution in [2.75, 3.05) is 33.3 Å². The fourth-order valence-electron chi connectivity index (χ4n) is 3.67. The molecule has 1 saturated heterocycles. The monoisotopic (exact) mass is 497 g/mol. The number of hydrogen-bond donors (Lipinski definition) is 0. The topological polar surface area (TPSA) is 45.7 Å². The highest BCUT2D eigenvalue weighted by atomic mass is 35.5. The Morgan fingerprint density at radius 2 is 1.73 bits per heavy atom. The number of carbonyl (C=O) groups excluding carboxylic acids is 1. The second kappa shape index (κ2) is 10.5. The Labute approximate surface area is 200 Å². The maximum atomic E-state index is 13.3. The van der Waals surface area contributed by atoms with Crippen LogP contribution in [0.1, 0.15) is 20.9 Å². The molecule has 1 fully saturated rings. The third kappa shape index (κ3) is 5.85. The minimum Gasteiger partial charge on any atom is -0.497 e. The molecule has 5 nitrogen and oxygen atoms in total.